The summed E-state index contributed by atoms with van der Waals surface area (Å²) in [5, 5.41) is 0.622. The maximum Gasteiger partial charge on any atom is 0.240 e. The average molecular weight is 313 g/mol. The molecule has 0 saturated carbocycles. The molecule has 0 bridgehead atoms. The Morgan fingerprint density at radius 1 is 1.48 bits per heavy atom. The second-order valence-corrected chi connectivity index (χ2v) is 5.72. The summed E-state index contributed by atoms with van der Waals surface area (Å²) in [6, 6.07) is 5.55. The molecule has 116 valence electrons. The van der Waals surface area contributed by atoms with E-state index < -0.39 is 5.54 Å². The molecule has 0 radical (unpaired) electrons. The topological polar surface area (TPSA) is 64.8 Å². The summed E-state index contributed by atoms with van der Waals surface area (Å²) < 4.78 is 10.4. The first-order valence-corrected chi connectivity index (χ1v) is 7.27. The number of benzene rings is 1. The number of carbonyl (C=O) groups excluding carboxylic acids is 1. The predicted molar refractivity (Wildman–Crippen MR) is 81.4 cm³/mol. The number of hydrogen-bond donors (Lipinski definition) is 1. The Bertz CT molecular complexity index is 524. The van der Waals surface area contributed by atoms with Crippen LogP contribution in [0.3, 0.4) is 0 Å². The highest BCUT2D eigenvalue weighted by Gasteiger charge is 2.46. The van der Waals surface area contributed by atoms with E-state index in [-0.39, 0.29) is 5.91 Å². The van der Waals surface area contributed by atoms with Crippen LogP contribution in [-0.4, -0.2) is 43.7 Å². The second-order valence-electron chi connectivity index (χ2n) is 5.31. The minimum Gasteiger partial charge on any atom is -0.497 e. The molecule has 1 aromatic carbocycles. The quantitative estimate of drug-likeness (QED) is 0.870. The van der Waals surface area contributed by atoms with Gasteiger partial charge in [-0.2, -0.15) is 0 Å². The first-order chi connectivity index (χ1) is 10.0. The van der Waals surface area contributed by atoms with Crippen LogP contribution in [0.1, 0.15) is 18.4 Å². The van der Waals surface area contributed by atoms with E-state index in [1.165, 1.54) is 0 Å². The molecule has 1 saturated heterocycles. The number of nitrogens with zero attached hydrogens (tertiary/aromatic N) is 1. The molecule has 6 heteroatoms. The van der Waals surface area contributed by atoms with Gasteiger partial charge in [-0.3, -0.25) is 9.69 Å². The number of methoxy groups -OCH3 is 2. The van der Waals surface area contributed by atoms with Crippen LogP contribution in [0.2, 0.25) is 5.02 Å². The van der Waals surface area contributed by atoms with Crippen LogP contribution in [0.5, 0.6) is 5.75 Å². The van der Waals surface area contributed by atoms with E-state index in [1.807, 2.05) is 12.1 Å². The lowest BCUT2D eigenvalue weighted by atomic mass is 9.96. The van der Waals surface area contributed by atoms with E-state index in [2.05, 4.69) is 4.90 Å². The van der Waals surface area contributed by atoms with Gasteiger partial charge >= 0.3 is 0 Å². The van der Waals surface area contributed by atoms with E-state index in [9.17, 15) is 4.79 Å². The maximum atomic E-state index is 11.9. The zero-order valence-corrected chi connectivity index (χ0v) is 13.2. The standard InChI is InChI=1S/C15H21ClN2O3/c1-20-10-15(14(17)19)6-3-7-18(15)9-11-4-5-12(21-2)8-13(11)16/h4-5,8H,3,6-7,9-10H2,1-2H3,(H2,17,19). The summed E-state index contributed by atoms with van der Waals surface area (Å²) in [5.74, 6) is 0.370. The summed E-state index contributed by atoms with van der Waals surface area (Å²) in [7, 11) is 3.18. The highest BCUT2D eigenvalue weighted by Crippen LogP contribution is 2.33. The van der Waals surface area contributed by atoms with Crippen LogP contribution < -0.4 is 10.5 Å². The Balaban J connectivity index is 2.23. The number of carbonyl (C=O) groups is 1. The van der Waals surface area contributed by atoms with Gasteiger partial charge in [0, 0.05) is 18.7 Å². The molecule has 21 heavy (non-hydrogen) atoms. The molecular weight excluding hydrogens is 292 g/mol. The summed E-state index contributed by atoms with van der Waals surface area (Å²) in [4.78, 5) is 14.0. The third-order valence-electron chi connectivity index (χ3n) is 4.09. The van der Waals surface area contributed by atoms with Crippen LogP contribution in [-0.2, 0) is 16.1 Å². The van der Waals surface area contributed by atoms with Crippen molar-refractivity contribution >= 4 is 17.5 Å². The van der Waals surface area contributed by atoms with E-state index in [0.717, 1.165) is 18.5 Å². The zero-order valence-electron chi connectivity index (χ0n) is 12.4. The van der Waals surface area contributed by atoms with E-state index in [0.29, 0.717) is 30.3 Å². The molecule has 1 aliphatic rings. The van der Waals surface area contributed by atoms with Crippen LogP contribution in [0.15, 0.2) is 18.2 Å². The highest BCUT2D eigenvalue weighted by molar-refractivity contribution is 6.31. The van der Waals surface area contributed by atoms with Gasteiger partial charge in [0.2, 0.25) is 5.91 Å². The van der Waals surface area contributed by atoms with Crippen molar-refractivity contribution in [2.75, 3.05) is 27.4 Å². The van der Waals surface area contributed by atoms with Crippen molar-refractivity contribution in [3.05, 3.63) is 28.8 Å². The molecule has 1 aliphatic heterocycles. The van der Waals surface area contributed by atoms with Crippen molar-refractivity contribution in [2.45, 2.75) is 24.9 Å². The van der Waals surface area contributed by atoms with Crippen molar-refractivity contribution in [3.63, 3.8) is 0 Å². The number of ether oxygens (including phenoxy) is 2. The number of likely N-dealkylation sites (tertiary alicyclic amines) is 1. The van der Waals surface area contributed by atoms with Gasteiger partial charge in [0.15, 0.2) is 0 Å². The van der Waals surface area contributed by atoms with Gasteiger partial charge in [-0.05, 0) is 37.1 Å². The van der Waals surface area contributed by atoms with Crippen LogP contribution >= 0.6 is 11.6 Å². The highest BCUT2D eigenvalue weighted by atomic mass is 35.5. The fourth-order valence-corrected chi connectivity index (χ4v) is 3.14. The molecule has 2 N–H and O–H groups in total. The Hall–Kier alpha value is -1.30. The molecule has 0 aromatic heterocycles. The third-order valence-corrected chi connectivity index (χ3v) is 4.44. The monoisotopic (exact) mass is 312 g/mol. The van der Waals surface area contributed by atoms with Gasteiger partial charge in [-0.15, -0.1) is 0 Å². The normalized spacial score (nSPS) is 22.4. The number of amides is 1. The second kappa shape index (κ2) is 6.64. The number of rotatable bonds is 6. The summed E-state index contributed by atoms with van der Waals surface area (Å²) >= 11 is 6.28. The van der Waals surface area contributed by atoms with Crippen molar-refractivity contribution in [1.29, 1.82) is 0 Å². The largest absolute Gasteiger partial charge is 0.497 e. The van der Waals surface area contributed by atoms with Crippen LogP contribution in [0, 0.1) is 0 Å². The molecule has 1 fully saturated rings. The van der Waals surface area contributed by atoms with Gasteiger partial charge in [0.05, 0.1) is 13.7 Å². The Labute approximate surface area is 130 Å². The first kappa shape index (κ1) is 16.1. The molecule has 1 aromatic rings. The molecule has 0 spiro atoms. The van der Waals surface area contributed by atoms with Crippen molar-refractivity contribution in [1.82, 2.24) is 4.90 Å². The number of hydrogen-bond acceptors (Lipinski definition) is 4. The smallest absolute Gasteiger partial charge is 0.240 e. The van der Waals surface area contributed by atoms with Gasteiger partial charge in [-0.1, -0.05) is 17.7 Å². The van der Waals surface area contributed by atoms with Gasteiger partial charge in [0.25, 0.3) is 0 Å². The molecular formula is C15H21ClN2O3. The molecule has 1 amide bonds. The van der Waals surface area contributed by atoms with Crippen LogP contribution in [0.4, 0.5) is 0 Å². The predicted octanol–water partition coefficient (Wildman–Crippen LogP) is 1.81. The van der Waals surface area contributed by atoms with Crippen molar-refractivity contribution < 1.29 is 14.3 Å². The minimum atomic E-state index is -0.738. The van der Waals surface area contributed by atoms with E-state index in [4.69, 9.17) is 26.8 Å². The van der Waals surface area contributed by atoms with Crippen LogP contribution in [0.25, 0.3) is 0 Å². The molecule has 5 nitrogen and oxygen atoms in total. The maximum absolute atomic E-state index is 11.9. The molecule has 0 aliphatic carbocycles. The lowest BCUT2D eigenvalue weighted by molar-refractivity contribution is -0.132. The Kier molecular flexibility index (Phi) is 5.08. The van der Waals surface area contributed by atoms with Crippen molar-refractivity contribution in [3.8, 4) is 5.75 Å². The van der Waals surface area contributed by atoms with Crippen molar-refractivity contribution in [2.24, 2.45) is 5.73 Å². The number of primary amides is 1. The fourth-order valence-electron chi connectivity index (χ4n) is 2.91. The van der Waals surface area contributed by atoms with E-state index in [1.54, 1.807) is 20.3 Å². The fraction of sp³-hybridized carbons (Fsp3) is 0.533. The van der Waals surface area contributed by atoms with Gasteiger partial charge in [-0.25, -0.2) is 0 Å². The molecule has 2 rings (SSSR count). The Morgan fingerprint density at radius 2 is 2.24 bits per heavy atom. The Morgan fingerprint density at radius 3 is 2.81 bits per heavy atom. The summed E-state index contributed by atoms with van der Waals surface area (Å²) in [6.07, 6.45) is 1.63. The SMILES string of the molecule is COCC1(C(N)=O)CCCN1Cc1ccc(OC)cc1Cl. The average Bonchev–Trinajstić information content (AvgIpc) is 2.85. The number of nitrogens with two attached hydrogens (primary N) is 1. The van der Waals surface area contributed by atoms with E-state index >= 15 is 0 Å². The number of halogens is 1. The lowest BCUT2D eigenvalue weighted by Crippen LogP contribution is -2.56. The summed E-state index contributed by atoms with van der Waals surface area (Å²) in [6.45, 7) is 1.67. The first-order valence-electron chi connectivity index (χ1n) is 6.90. The molecule has 1 unspecified atom stereocenters. The molecule has 1 heterocycles. The minimum absolute atomic E-state index is 0.302. The molecule has 1 atom stereocenters. The zero-order chi connectivity index (χ0) is 15.5. The lowest BCUT2D eigenvalue weighted by Gasteiger charge is -2.35. The third kappa shape index (κ3) is 3.15. The van der Waals surface area contributed by atoms with Gasteiger partial charge in [0.1, 0.15) is 11.3 Å². The van der Waals surface area contributed by atoms with Gasteiger partial charge < -0.3 is 15.2 Å². The summed E-state index contributed by atoms with van der Waals surface area (Å²) in [5.41, 5.74) is 5.84.